The number of rotatable bonds is 4. The summed E-state index contributed by atoms with van der Waals surface area (Å²) in [6.45, 7) is 3.95. The lowest BCUT2D eigenvalue weighted by Gasteiger charge is -2.30. The number of halogens is 1. The van der Waals surface area contributed by atoms with Gasteiger partial charge in [0.15, 0.2) is 5.82 Å². The average Bonchev–Trinajstić information content (AvgIpc) is 3.02. The van der Waals surface area contributed by atoms with E-state index in [2.05, 4.69) is 38.0 Å². The zero-order valence-electron chi connectivity index (χ0n) is 13.0. The zero-order chi connectivity index (χ0) is 16.2. The van der Waals surface area contributed by atoms with E-state index in [0.717, 1.165) is 29.5 Å². The maximum absolute atomic E-state index is 12.3. The predicted octanol–water partition coefficient (Wildman–Crippen LogP) is 3.58. The fraction of sp³-hybridized carbons (Fsp3) is 0.438. The van der Waals surface area contributed by atoms with Crippen molar-refractivity contribution < 1.29 is 4.79 Å². The molecule has 0 aliphatic carbocycles. The van der Waals surface area contributed by atoms with E-state index in [4.69, 9.17) is 0 Å². The Kier molecular flexibility index (Phi) is 5.38. The number of H-pyrrole nitrogens is 1. The number of likely N-dealkylation sites (tertiary alicyclic amines) is 1. The van der Waals surface area contributed by atoms with E-state index in [1.54, 1.807) is 0 Å². The highest BCUT2D eigenvalue weighted by Crippen LogP contribution is 2.26. The van der Waals surface area contributed by atoms with Crippen LogP contribution in [0.5, 0.6) is 0 Å². The topological polar surface area (TPSA) is 61.9 Å². The number of carbonyl (C=O) groups excluding carboxylic acids is 1. The highest BCUT2D eigenvalue weighted by molar-refractivity contribution is 9.10. The molecule has 7 heteroatoms. The molecular weight excluding hydrogens is 376 g/mol. The summed E-state index contributed by atoms with van der Waals surface area (Å²) in [5.41, 5.74) is 0.961. The number of hydrogen-bond donors (Lipinski definition) is 1. The van der Waals surface area contributed by atoms with Crippen molar-refractivity contribution in [1.82, 2.24) is 20.1 Å². The molecule has 1 N–H and O–H groups in total. The molecule has 1 amide bonds. The van der Waals surface area contributed by atoms with E-state index in [1.165, 1.54) is 18.2 Å². The molecule has 0 spiro atoms. The van der Waals surface area contributed by atoms with Crippen molar-refractivity contribution in [1.29, 1.82) is 0 Å². The molecule has 2 heterocycles. The third-order valence-corrected chi connectivity index (χ3v) is 5.45. The van der Waals surface area contributed by atoms with Crippen molar-refractivity contribution in [2.75, 3.05) is 18.8 Å². The first-order valence-electron chi connectivity index (χ1n) is 7.71. The molecular formula is C16H19BrN4OS. The standard InChI is InChI=1S/C16H19BrN4OS/c1-11-5-4-8-21(9-11)14(22)10-23-16-18-15(19-20-16)12-6-2-3-7-13(12)17/h2-3,6-7,11H,4-5,8-10H2,1H3,(H,18,19,20)/t11-/m1/s1. The number of carbonyl (C=O) groups is 1. The van der Waals surface area contributed by atoms with E-state index in [0.29, 0.717) is 22.7 Å². The largest absolute Gasteiger partial charge is 0.342 e. The van der Waals surface area contributed by atoms with Crippen LogP contribution in [0.25, 0.3) is 11.4 Å². The maximum Gasteiger partial charge on any atom is 0.233 e. The molecule has 2 aromatic rings. The molecule has 1 saturated heterocycles. The van der Waals surface area contributed by atoms with E-state index < -0.39 is 0 Å². The number of nitrogens with one attached hydrogen (secondary N) is 1. The number of thioether (sulfide) groups is 1. The second kappa shape index (κ2) is 7.49. The predicted molar refractivity (Wildman–Crippen MR) is 95.2 cm³/mol. The Morgan fingerprint density at radius 2 is 2.30 bits per heavy atom. The highest BCUT2D eigenvalue weighted by atomic mass is 79.9. The quantitative estimate of drug-likeness (QED) is 0.804. The van der Waals surface area contributed by atoms with Gasteiger partial charge in [-0.25, -0.2) is 4.98 Å². The Morgan fingerprint density at radius 3 is 3.09 bits per heavy atom. The van der Waals surface area contributed by atoms with Gasteiger partial charge in [-0.1, -0.05) is 52.8 Å². The fourth-order valence-electron chi connectivity index (χ4n) is 2.72. The van der Waals surface area contributed by atoms with Crippen LogP contribution in [0.15, 0.2) is 33.9 Å². The highest BCUT2D eigenvalue weighted by Gasteiger charge is 2.21. The minimum atomic E-state index is 0.175. The van der Waals surface area contributed by atoms with Gasteiger partial charge in [-0.15, -0.1) is 5.10 Å². The Bertz CT molecular complexity index is 690. The van der Waals surface area contributed by atoms with Crippen LogP contribution in [0, 0.1) is 5.92 Å². The first-order chi connectivity index (χ1) is 11.1. The Balaban J connectivity index is 1.59. The van der Waals surface area contributed by atoms with Gasteiger partial charge in [0.05, 0.1) is 5.75 Å². The summed E-state index contributed by atoms with van der Waals surface area (Å²) in [5, 5.41) is 7.74. The van der Waals surface area contributed by atoms with Crippen molar-refractivity contribution >= 4 is 33.6 Å². The molecule has 122 valence electrons. The number of piperidine rings is 1. The van der Waals surface area contributed by atoms with Crippen LogP contribution in [0.4, 0.5) is 0 Å². The van der Waals surface area contributed by atoms with Crippen LogP contribution in [0.3, 0.4) is 0 Å². The van der Waals surface area contributed by atoms with Gasteiger partial charge in [-0.05, 0) is 24.8 Å². The molecule has 1 fully saturated rings. The molecule has 1 aliphatic rings. The molecule has 1 aromatic heterocycles. The van der Waals surface area contributed by atoms with Gasteiger partial charge in [-0.2, -0.15) is 0 Å². The second-order valence-electron chi connectivity index (χ2n) is 5.82. The number of aromatic amines is 1. The van der Waals surface area contributed by atoms with Gasteiger partial charge in [0.1, 0.15) is 0 Å². The van der Waals surface area contributed by atoms with Gasteiger partial charge in [0.2, 0.25) is 11.1 Å². The van der Waals surface area contributed by atoms with Crippen LogP contribution in [-0.2, 0) is 4.79 Å². The Labute approximate surface area is 148 Å². The van der Waals surface area contributed by atoms with Crippen LogP contribution in [0.1, 0.15) is 19.8 Å². The summed E-state index contributed by atoms with van der Waals surface area (Å²) >= 11 is 4.89. The summed E-state index contributed by atoms with van der Waals surface area (Å²) in [6.07, 6.45) is 2.32. The first kappa shape index (κ1) is 16.5. The van der Waals surface area contributed by atoms with Gasteiger partial charge >= 0.3 is 0 Å². The van der Waals surface area contributed by atoms with Gasteiger partial charge < -0.3 is 4.90 Å². The third-order valence-electron chi connectivity index (χ3n) is 3.93. The normalized spacial score (nSPS) is 18.2. The molecule has 1 aliphatic heterocycles. The molecule has 1 aromatic carbocycles. The average molecular weight is 395 g/mol. The van der Waals surface area contributed by atoms with Crippen molar-refractivity contribution in [3.63, 3.8) is 0 Å². The van der Waals surface area contributed by atoms with Crippen molar-refractivity contribution in [2.45, 2.75) is 24.9 Å². The summed E-state index contributed by atoms with van der Waals surface area (Å²) in [4.78, 5) is 18.7. The minimum Gasteiger partial charge on any atom is -0.342 e. The van der Waals surface area contributed by atoms with E-state index in [9.17, 15) is 4.79 Å². The summed E-state index contributed by atoms with van der Waals surface area (Å²) in [5.74, 6) is 1.87. The van der Waals surface area contributed by atoms with Crippen molar-refractivity contribution in [3.05, 3.63) is 28.7 Å². The Hall–Kier alpha value is -1.34. The Morgan fingerprint density at radius 1 is 1.48 bits per heavy atom. The number of hydrogen-bond acceptors (Lipinski definition) is 4. The SMILES string of the molecule is C[C@@H]1CCCN(C(=O)CSc2n[nH]c(-c3ccccc3Br)n2)C1. The summed E-state index contributed by atoms with van der Waals surface area (Å²) < 4.78 is 0.964. The maximum atomic E-state index is 12.3. The van der Waals surface area contributed by atoms with Crippen LogP contribution in [-0.4, -0.2) is 44.8 Å². The van der Waals surface area contributed by atoms with E-state index in [-0.39, 0.29) is 5.91 Å². The number of benzene rings is 1. The second-order valence-corrected chi connectivity index (χ2v) is 7.62. The zero-order valence-corrected chi connectivity index (χ0v) is 15.4. The lowest BCUT2D eigenvalue weighted by molar-refractivity contribution is -0.130. The fourth-order valence-corrected chi connectivity index (χ4v) is 3.89. The first-order valence-corrected chi connectivity index (χ1v) is 9.49. The molecule has 0 saturated carbocycles. The van der Waals surface area contributed by atoms with Crippen molar-refractivity contribution in [3.8, 4) is 11.4 Å². The molecule has 5 nitrogen and oxygen atoms in total. The smallest absolute Gasteiger partial charge is 0.233 e. The van der Waals surface area contributed by atoms with E-state index >= 15 is 0 Å². The molecule has 23 heavy (non-hydrogen) atoms. The molecule has 0 radical (unpaired) electrons. The van der Waals surface area contributed by atoms with Crippen LogP contribution < -0.4 is 0 Å². The van der Waals surface area contributed by atoms with Crippen LogP contribution >= 0.6 is 27.7 Å². The molecule has 3 rings (SSSR count). The van der Waals surface area contributed by atoms with Gasteiger partial charge in [0.25, 0.3) is 0 Å². The monoisotopic (exact) mass is 394 g/mol. The minimum absolute atomic E-state index is 0.175. The summed E-state index contributed by atoms with van der Waals surface area (Å²) in [7, 11) is 0. The summed E-state index contributed by atoms with van der Waals surface area (Å²) in [6, 6.07) is 7.85. The lowest BCUT2D eigenvalue weighted by atomic mass is 10.0. The molecule has 0 bridgehead atoms. The van der Waals surface area contributed by atoms with Crippen molar-refractivity contribution in [2.24, 2.45) is 5.92 Å². The lowest BCUT2D eigenvalue weighted by Crippen LogP contribution is -2.40. The van der Waals surface area contributed by atoms with E-state index in [1.807, 2.05) is 29.2 Å². The molecule has 1 atom stereocenters. The number of nitrogens with zero attached hydrogens (tertiary/aromatic N) is 3. The van der Waals surface area contributed by atoms with Gasteiger partial charge in [-0.3, -0.25) is 9.89 Å². The van der Waals surface area contributed by atoms with Gasteiger partial charge in [0, 0.05) is 23.1 Å². The number of amides is 1. The third kappa shape index (κ3) is 4.14. The van der Waals surface area contributed by atoms with Crippen LogP contribution in [0.2, 0.25) is 0 Å². The number of aromatic nitrogens is 3. The molecule has 0 unspecified atom stereocenters.